The summed E-state index contributed by atoms with van der Waals surface area (Å²) in [5.41, 5.74) is 3.38. The Morgan fingerprint density at radius 2 is 1.91 bits per heavy atom. The van der Waals surface area contributed by atoms with E-state index in [1.807, 2.05) is 19.1 Å². The first-order valence-corrected chi connectivity index (χ1v) is 7.08. The van der Waals surface area contributed by atoms with Gasteiger partial charge in [-0.3, -0.25) is 4.79 Å². The van der Waals surface area contributed by atoms with Gasteiger partial charge >= 0.3 is 0 Å². The Bertz CT molecular complexity index is 708. The fraction of sp³-hybridized carbons (Fsp3) is 0.375. The van der Waals surface area contributed by atoms with Crippen molar-refractivity contribution in [3.05, 3.63) is 40.8 Å². The fourth-order valence-electron chi connectivity index (χ4n) is 2.70. The summed E-state index contributed by atoms with van der Waals surface area (Å²) in [7, 11) is 3.23. The summed E-state index contributed by atoms with van der Waals surface area (Å²) in [4.78, 5) is 14.3. The third-order valence-electron chi connectivity index (χ3n) is 3.95. The summed E-state index contributed by atoms with van der Waals surface area (Å²) in [6.07, 6.45) is 2.26. The summed E-state index contributed by atoms with van der Waals surface area (Å²) in [6.45, 7) is 2.99. The highest BCUT2D eigenvalue weighted by Gasteiger charge is 2.26. The Labute approximate surface area is 128 Å². The largest absolute Gasteiger partial charge is 0.493 e. The lowest BCUT2D eigenvalue weighted by atomic mass is 9.98. The number of aryl methyl sites for hydroxylation is 1. The lowest BCUT2D eigenvalue weighted by molar-refractivity contribution is 0.0723. The molecule has 3 rings (SSSR count). The molecule has 22 heavy (non-hydrogen) atoms. The van der Waals surface area contributed by atoms with Crippen molar-refractivity contribution >= 4 is 5.91 Å². The monoisotopic (exact) mass is 302 g/mol. The van der Waals surface area contributed by atoms with Crippen LogP contribution >= 0.6 is 0 Å². The van der Waals surface area contributed by atoms with Gasteiger partial charge in [0.25, 0.3) is 5.91 Å². The molecule has 0 bridgehead atoms. The van der Waals surface area contributed by atoms with E-state index >= 15 is 0 Å². The van der Waals surface area contributed by atoms with Crippen molar-refractivity contribution in [3.63, 3.8) is 0 Å². The average molecular weight is 302 g/mol. The number of carbonyl (C=O) groups excluding carboxylic acids is 1. The number of carbonyl (C=O) groups is 1. The molecule has 0 aliphatic carbocycles. The van der Waals surface area contributed by atoms with E-state index in [2.05, 4.69) is 5.16 Å². The molecule has 2 aromatic rings. The van der Waals surface area contributed by atoms with E-state index in [1.165, 1.54) is 11.8 Å². The van der Waals surface area contributed by atoms with Gasteiger partial charge in [-0.15, -0.1) is 0 Å². The molecule has 1 aliphatic heterocycles. The molecular weight excluding hydrogens is 284 g/mol. The molecule has 0 fully saturated rings. The zero-order valence-corrected chi connectivity index (χ0v) is 12.9. The van der Waals surface area contributed by atoms with E-state index < -0.39 is 0 Å². The number of amides is 1. The van der Waals surface area contributed by atoms with Gasteiger partial charge in [-0.1, -0.05) is 5.16 Å². The zero-order valence-electron chi connectivity index (χ0n) is 12.9. The van der Waals surface area contributed by atoms with Gasteiger partial charge in [0.15, 0.2) is 17.2 Å². The maximum atomic E-state index is 12.5. The number of hydrogen-bond donors (Lipinski definition) is 0. The molecule has 6 nitrogen and oxygen atoms in total. The number of ether oxygens (including phenoxy) is 2. The topological polar surface area (TPSA) is 64.8 Å². The van der Waals surface area contributed by atoms with Crippen molar-refractivity contribution in [1.29, 1.82) is 0 Å². The first-order valence-electron chi connectivity index (χ1n) is 7.08. The minimum Gasteiger partial charge on any atom is -0.493 e. The van der Waals surface area contributed by atoms with Gasteiger partial charge in [0.1, 0.15) is 6.26 Å². The van der Waals surface area contributed by atoms with Crippen molar-refractivity contribution in [1.82, 2.24) is 10.1 Å². The molecule has 1 aromatic heterocycles. The molecule has 1 aromatic carbocycles. The van der Waals surface area contributed by atoms with Gasteiger partial charge in [0.05, 0.1) is 14.2 Å². The second kappa shape index (κ2) is 5.71. The summed E-state index contributed by atoms with van der Waals surface area (Å²) in [6, 6.07) is 3.92. The Balaban J connectivity index is 1.87. The van der Waals surface area contributed by atoms with Crippen LogP contribution in [0.25, 0.3) is 0 Å². The minimum atomic E-state index is -0.105. The third-order valence-corrected chi connectivity index (χ3v) is 3.95. The molecule has 2 heterocycles. The predicted molar refractivity (Wildman–Crippen MR) is 79.2 cm³/mol. The van der Waals surface area contributed by atoms with Crippen LogP contribution in [0.15, 0.2) is 22.9 Å². The highest BCUT2D eigenvalue weighted by atomic mass is 16.5. The standard InChI is InChI=1S/C16H18N2O4/c1-10-9-22-17-15(10)16(19)18-5-4-11-6-13(20-2)14(21-3)7-12(11)8-18/h6-7,9H,4-5,8H2,1-3H3. The van der Waals surface area contributed by atoms with Crippen molar-refractivity contribution < 1.29 is 18.8 Å². The Kier molecular flexibility index (Phi) is 3.75. The molecule has 0 atom stereocenters. The number of benzene rings is 1. The van der Waals surface area contributed by atoms with Crippen LogP contribution in [0.5, 0.6) is 11.5 Å². The number of rotatable bonds is 3. The SMILES string of the molecule is COc1cc2c(cc1OC)CN(C(=O)c1nocc1C)CC2. The van der Waals surface area contributed by atoms with Crippen molar-refractivity contribution in [3.8, 4) is 11.5 Å². The molecule has 6 heteroatoms. The molecular formula is C16H18N2O4. The number of methoxy groups -OCH3 is 2. The van der Waals surface area contributed by atoms with Gasteiger partial charge in [-0.25, -0.2) is 0 Å². The van der Waals surface area contributed by atoms with E-state index in [-0.39, 0.29) is 5.91 Å². The molecule has 0 saturated carbocycles. The van der Waals surface area contributed by atoms with Crippen LogP contribution in [0.1, 0.15) is 27.2 Å². The normalized spacial score (nSPS) is 13.7. The number of hydrogen-bond acceptors (Lipinski definition) is 5. The minimum absolute atomic E-state index is 0.105. The van der Waals surface area contributed by atoms with Crippen molar-refractivity contribution in [2.24, 2.45) is 0 Å². The van der Waals surface area contributed by atoms with Gasteiger partial charge in [-0.05, 0) is 36.6 Å². The van der Waals surface area contributed by atoms with E-state index in [9.17, 15) is 4.79 Å². The first-order chi connectivity index (χ1) is 10.6. The predicted octanol–water partition coefficient (Wildman–Crippen LogP) is 2.20. The van der Waals surface area contributed by atoms with Crippen LogP contribution in [0.4, 0.5) is 0 Å². The van der Waals surface area contributed by atoms with Crippen LogP contribution in [0, 0.1) is 6.92 Å². The van der Waals surface area contributed by atoms with Gasteiger partial charge in [-0.2, -0.15) is 0 Å². The third kappa shape index (κ3) is 2.41. The van der Waals surface area contributed by atoms with Crippen LogP contribution in [-0.2, 0) is 13.0 Å². The highest BCUT2D eigenvalue weighted by Crippen LogP contribution is 2.33. The second-order valence-electron chi connectivity index (χ2n) is 5.30. The number of aromatic nitrogens is 1. The molecule has 0 radical (unpaired) electrons. The Morgan fingerprint density at radius 1 is 1.23 bits per heavy atom. The summed E-state index contributed by atoms with van der Waals surface area (Å²) in [5.74, 6) is 1.29. The zero-order chi connectivity index (χ0) is 15.7. The van der Waals surface area contributed by atoms with Crippen LogP contribution in [0.2, 0.25) is 0 Å². The fourth-order valence-corrected chi connectivity index (χ4v) is 2.70. The molecule has 1 aliphatic rings. The smallest absolute Gasteiger partial charge is 0.276 e. The van der Waals surface area contributed by atoms with E-state index in [0.29, 0.717) is 30.3 Å². The van der Waals surface area contributed by atoms with E-state index in [0.717, 1.165) is 17.5 Å². The second-order valence-corrected chi connectivity index (χ2v) is 5.30. The highest BCUT2D eigenvalue weighted by molar-refractivity contribution is 5.93. The molecule has 0 saturated heterocycles. The summed E-state index contributed by atoms with van der Waals surface area (Å²) < 4.78 is 15.5. The lowest BCUT2D eigenvalue weighted by Crippen LogP contribution is -2.36. The molecule has 0 spiro atoms. The Hall–Kier alpha value is -2.50. The van der Waals surface area contributed by atoms with E-state index in [4.69, 9.17) is 14.0 Å². The van der Waals surface area contributed by atoms with Gasteiger partial charge < -0.3 is 18.9 Å². The van der Waals surface area contributed by atoms with Crippen LogP contribution in [0.3, 0.4) is 0 Å². The molecule has 0 unspecified atom stereocenters. The molecule has 0 N–H and O–H groups in total. The van der Waals surface area contributed by atoms with Crippen LogP contribution < -0.4 is 9.47 Å². The van der Waals surface area contributed by atoms with E-state index in [1.54, 1.807) is 19.1 Å². The average Bonchev–Trinajstić information content (AvgIpc) is 2.98. The number of nitrogens with zero attached hydrogens (tertiary/aromatic N) is 2. The van der Waals surface area contributed by atoms with Gasteiger partial charge in [0.2, 0.25) is 0 Å². The molecule has 116 valence electrons. The quantitative estimate of drug-likeness (QED) is 0.869. The first kappa shape index (κ1) is 14.4. The van der Waals surface area contributed by atoms with Crippen molar-refractivity contribution in [2.75, 3.05) is 20.8 Å². The number of fused-ring (bicyclic) bond motifs is 1. The maximum absolute atomic E-state index is 12.5. The lowest BCUT2D eigenvalue weighted by Gasteiger charge is -2.29. The maximum Gasteiger partial charge on any atom is 0.276 e. The Morgan fingerprint density at radius 3 is 2.50 bits per heavy atom. The van der Waals surface area contributed by atoms with Gasteiger partial charge in [0, 0.05) is 18.7 Å². The van der Waals surface area contributed by atoms with Crippen LogP contribution in [-0.4, -0.2) is 36.7 Å². The molecule has 1 amide bonds. The van der Waals surface area contributed by atoms with Crippen molar-refractivity contribution in [2.45, 2.75) is 19.9 Å². The summed E-state index contributed by atoms with van der Waals surface area (Å²) in [5, 5.41) is 3.80. The summed E-state index contributed by atoms with van der Waals surface area (Å²) >= 11 is 0.